The first kappa shape index (κ1) is 22.5. The number of carbonyl (C=O) groups excluding carboxylic acids is 2. The summed E-state index contributed by atoms with van der Waals surface area (Å²) >= 11 is 0. The number of amides is 2. The SMILES string of the molecule is O=C(COc1ccc(/C=N\NC(=O)CN2CCCCC2)cc1)NCCc1ccccc1. The van der Waals surface area contributed by atoms with Crippen LogP contribution in [0, 0.1) is 0 Å². The monoisotopic (exact) mass is 422 g/mol. The third-order valence-corrected chi connectivity index (χ3v) is 5.05. The minimum absolute atomic E-state index is 0.0330. The van der Waals surface area contributed by atoms with Gasteiger partial charge in [-0.05, 0) is 67.7 Å². The molecule has 31 heavy (non-hydrogen) atoms. The van der Waals surface area contributed by atoms with Gasteiger partial charge < -0.3 is 10.1 Å². The molecule has 2 amide bonds. The van der Waals surface area contributed by atoms with Crippen LogP contribution in [0.4, 0.5) is 0 Å². The number of likely N-dealkylation sites (tertiary alicyclic amines) is 1. The van der Waals surface area contributed by atoms with Crippen molar-refractivity contribution >= 4 is 18.0 Å². The largest absolute Gasteiger partial charge is 0.484 e. The van der Waals surface area contributed by atoms with Crippen LogP contribution >= 0.6 is 0 Å². The number of rotatable bonds is 10. The summed E-state index contributed by atoms with van der Waals surface area (Å²) in [6, 6.07) is 17.2. The van der Waals surface area contributed by atoms with Crippen molar-refractivity contribution in [2.45, 2.75) is 25.7 Å². The molecule has 164 valence electrons. The maximum Gasteiger partial charge on any atom is 0.257 e. The quantitative estimate of drug-likeness (QED) is 0.455. The maximum absolute atomic E-state index is 11.9. The third-order valence-electron chi connectivity index (χ3n) is 5.05. The number of hydrogen-bond donors (Lipinski definition) is 2. The average molecular weight is 423 g/mol. The molecule has 3 rings (SSSR count). The van der Waals surface area contributed by atoms with Crippen molar-refractivity contribution in [2.24, 2.45) is 5.10 Å². The van der Waals surface area contributed by atoms with Gasteiger partial charge >= 0.3 is 0 Å². The van der Waals surface area contributed by atoms with Gasteiger partial charge in [-0.1, -0.05) is 36.8 Å². The van der Waals surface area contributed by atoms with E-state index in [1.54, 1.807) is 18.3 Å². The number of hydrogen-bond acceptors (Lipinski definition) is 5. The Balaban J connectivity index is 1.32. The Morgan fingerprint density at radius 3 is 2.45 bits per heavy atom. The molecule has 1 heterocycles. The zero-order valence-corrected chi connectivity index (χ0v) is 17.8. The fraction of sp³-hybridized carbons (Fsp3) is 0.375. The van der Waals surface area contributed by atoms with Crippen molar-refractivity contribution < 1.29 is 14.3 Å². The highest BCUT2D eigenvalue weighted by Crippen LogP contribution is 2.11. The molecule has 1 aliphatic rings. The Bertz CT molecular complexity index is 847. The summed E-state index contributed by atoms with van der Waals surface area (Å²) in [6.45, 7) is 2.88. The topological polar surface area (TPSA) is 83.0 Å². The fourth-order valence-corrected chi connectivity index (χ4v) is 3.38. The van der Waals surface area contributed by atoms with Gasteiger partial charge in [-0.3, -0.25) is 14.5 Å². The summed E-state index contributed by atoms with van der Waals surface area (Å²) in [5.74, 6) is 0.346. The van der Waals surface area contributed by atoms with Gasteiger partial charge in [0.15, 0.2) is 6.61 Å². The molecule has 7 heteroatoms. The zero-order valence-electron chi connectivity index (χ0n) is 17.8. The highest BCUT2D eigenvalue weighted by Gasteiger charge is 2.13. The summed E-state index contributed by atoms with van der Waals surface area (Å²) in [7, 11) is 0. The van der Waals surface area contributed by atoms with E-state index in [1.165, 1.54) is 12.0 Å². The van der Waals surface area contributed by atoms with Crippen LogP contribution in [0.5, 0.6) is 5.75 Å². The van der Waals surface area contributed by atoms with E-state index in [0.29, 0.717) is 18.8 Å². The normalized spacial score (nSPS) is 14.3. The van der Waals surface area contributed by atoms with Gasteiger partial charge in [0, 0.05) is 6.54 Å². The number of nitrogens with one attached hydrogen (secondary N) is 2. The number of hydrazone groups is 1. The van der Waals surface area contributed by atoms with Crippen molar-refractivity contribution in [2.75, 3.05) is 32.8 Å². The zero-order chi connectivity index (χ0) is 21.7. The van der Waals surface area contributed by atoms with E-state index < -0.39 is 0 Å². The number of piperidine rings is 1. The first-order valence-electron chi connectivity index (χ1n) is 10.8. The molecule has 1 aliphatic heterocycles. The Hall–Kier alpha value is -3.19. The highest BCUT2D eigenvalue weighted by molar-refractivity contribution is 5.83. The van der Waals surface area contributed by atoms with Crippen molar-refractivity contribution in [1.82, 2.24) is 15.6 Å². The molecular formula is C24H30N4O3. The van der Waals surface area contributed by atoms with Gasteiger partial charge in [-0.15, -0.1) is 0 Å². The van der Waals surface area contributed by atoms with Crippen LogP contribution in [0.1, 0.15) is 30.4 Å². The lowest BCUT2D eigenvalue weighted by Gasteiger charge is -2.25. The van der Waals surface area contributed by atoms with Crippen molar-refractivity contribution in [1.29, 1.82) is 0 Å². The van der Waals surface area contributed by atoms with Gasteiger partial charge in [0.25, 0.3) is 11.8 Å². The molecule has 0 spiro atoms. The summed E-state index contributed by atoms with van der Waals surface area (Å²) in [6.07, 6.45) is 5.93. The van der Waals surface area contributed by atoms with E-state index in [1.807, 2.05) is 42.5 Å². The molecular weight excluding hydrogens is 392 g/mol. The van der Waals surface area contributed by atoms with Crippen molar-refractivity contribution in [3.8, 4) is 5.75 Å². The molecule has 1 fully saturated rings. The predicted octanol–water partition coefficient (Wildman–Crippen LogP) is 2.36. The molecule has 0 aromatic heterocycles. The van der Waals surface area contributed by atoms with Crippen LogP contribution in [-0.4, -0.2) is 55.7 Å². The smallest absolute Gasteiger partial charge is 0.257 e. The second-order valence-electron chi connectivity index (χ2n) is 7.57. The number of carbonyl (C=O) groups is 2. The third kappa shape index (κ3) is 8.60. The Morgan fingerprint density at radius 1 is 0.968 bits per heavy atom. The standard InChI is InChI=1S/C24H30N4O3/c29-23(18-28-15-5-2-6-16-28)27-26-17-21-9-11-22(12-10-21)31-19-24(30)25-14-13-20-7-3-1-4-8-20/h1,3-4,7-12,17H,2,5-6,13-16,18-19H2,(H,25,30)(H,27,29)/b26-17-. The van der Waals surface area contributed by atoms with Gasteiger partial charge in [0.05, 0.1) is 12.8 Å². The lowest BCUT2D eigenvalue weighted by molar-refractivity contribution is -0.123. The maximum atomic E-state index is 11.9. The molecule has 0 atom stereocenters. The summed E-state index contributed by atoms with van der Waals surface area (Å²) in [5, 5.41) is 6.87. The van der Waals surface area contributed by atoms with Crippen LogP contribution in [0.25, 0.3) is 0 Å². The van der Waals surface area contributed by atoms with E-state index in [2.05, 4.69) is 20.7 Å². The summed E-state index contributed by atoms with van der Waals surface area (Å²) in [4.78, 5) is 26.0. The summed E-state index contributed by atoms with van der Waals surface area (Å²) in [5.41, 5.74) is 4.58. The van der Waals surface area contributed by atoms with E-state index in [0.717, 1.165) is 37.9 Å². The van der Waals surface area contributed by atoms with E-state index in [4.69, 9.17) is 4.74 Å². The fourth-order valence-electron chi connectivity index (χ4n) is 3.38. The van der Waals surface area contributed by atoms with Crippen LogP contribution in [-0.2, 0) is 16.0 Å². The molecule has 2 aromatic rings. The molecule has 2 aromatic carbocycles. The number of nitrogens with zero attached hydrogens (tertiary/aromatic N) is 2. The minimum atomic E-state index is -0.155. The Labute approximate surface area is 183 Å². The lowest BCUT2D eigenvalue weighted by atomic mass is 10.1. The Kier molecular flexibility index (Phi) is 9.07. The molecule has 0 unspecified atom stereocenters. The second kappa shape index (κ2) is 12.5. The second-order valence-corrected chi connectivity index (χ2v) is 7.57. The number of ether oxygens (including phenoxy) is 1. The van der Waals surface area contributed by atoms with Crippen molar-refractivity contribution in [3.05, 3.63) is 65.7 Å². The van der Waals surface area contributed by atoms with Gasteiger partial charge in [-0.2, -0.15) is 5.10 Å². The van der Waals surface area contributed by atoms with Crippen LogP contribution in [0.3, 0.4) is 0 Å². The van der Waals surface area contributed by atoms with E-state index in [9.17, 15) is 9.59 Å². The molecule has 0 radical (unpaired) electrons. The van der Waals surface area contributed by atoms with Crippen LogP contribution in [0.15, 0.2) is 59.7 Å². The highest BCUT2D eigenvalue weighted by atomic mass is 16.5. The first-order valence-corrected chi connectivity index (χ1v) is 10.8. The molecule has 2 N–H and O–H groups in total. The van der Waals surface area contributed by atoms with E-state index in [-0.39, 0.29) is 18.4 Å². The molecule has 0 saturated carbocycles. The number of benzene rings is 2. The minimum Gasteiger partial charge on any atom is -0.484 e. The Morgan fingerprint density at radius 2 is 1.71 bits per heavy atom. The lowest BCUT2D eigenvalue weighted by Crippen LogP contribution is -2.38. The van der Waals surface area contributed by atoms with Gasteiger partial charge in [0.1, 0.15) is 5.75 Å². The van der Waals surface area contributed by atoms with Crippen LogP contribution in [0.2, 0.25) is 0 Å². The van der Waals surface area contributed by atoms with Crippen LogP contribution < -0.4 is 15.5 Å². The van der Waals surface area contributed by atoms with Gasteiger partial charge in [-0.25, -0.2) is 5.43 Å². The molecule has 0 aliphatic carbocycles. The average Bonchev–Trinajstić information content (AvgIpc) is 2.80. The predicted molar refractivity (Wildman–Crippen MR) is 121 cm³/mol. The summed E-state index contributed by atoms with van der Waals surface area (Å²) < 4.78 is 5.52. The molecule has 1 saturated heterocycles. The van der Waals surface area contributed by atoms with Gasteiger partial charge in [0.2, 0.25) is 0 Å². The molecule has 7 nitrogen and oxygen atoms in total. The van der Waals surface area contributed by atoms with E-state index >= 15 is 0 Å². The first-order chi connectivity index (χ1) is 15.2. The molecule has 0 bridgehead atoms. The van der Waals surface area contributed by atoms with Crippen molar-refractivity contribution in [3.63, 3.8) is 0 Å².